The topological polar surface area (TPSA) is 283 Å². The predicted octanol–water partition coefficient (Wildman–Crippen LogP) is 10.2. The van der Waals surface area contributed by atoms with E-state index in [4.69, 9.17) is 33.8 Å². The van der Waals surface area contributed by atoms with Crippen LogP contribution in [-0.4, -0.2) is 152 Å². The van der Waals surface area contributed by atoms with Crippen LogP contribution in [0.5, 0.6) is 11.5 Å². The van der Waals surface area contributed by atoms with Gasteiger partial charge in [0.2, 0.25) is 12.2 Å². The van der Waals surface area contributed by atoms with Gasteiger partial charge in [-0.05, 0) is 135 Å². The number of aromatic carboxylic acids is 1. The number of para-hydroxylation sites is 1. The molecule has 3 aromatic carbocycles. The molecule has 6 aromatic rings. The first-order valence-corrected chi connectivity index (χ1v) is 33.6. The summed E-state index contributed by atoms with van der Waals surface area (Å²) in [5.41, 5.74) is 4.76. The Balaban J connectivity index is 0.699. The fourth-order valence-corrected chi connectivity index (χ4v) is 16.3. The second-order valence-electron chi connectivity index (χ2n) is 27.7. The number of unbranched alkanes of at least 4 members (excludes halogenated alkanes) is 2. The Morgan fingerprint density at radius 3 is 2.48 bits per heavy atom. The summed E-state index contributed by atoms with van der Waals surface area (Å²) in [6.07, 6.45) is 9.72. The van der Waals surface area contributed by atoms with Gasteiger partial charge in [-0.1, -0.05) is 69.7 Å². The van der Waals surface area contributed by atoms with Crippen molar-refractivity contribution in [2.45, 2.75) is 162 Å². The second kappa shape index (κ2) is 28.8. The van der Waals surface area contributed by atoms with E-state index in [1.807, 2.05) is 71.1 Å². The van der Waals surface area contributed by atoms with Crippen molar-refractivity contribution in [1.82, 2.24) is 34.9 Å². The number of carboxylic acids is 1. The molecule has 24 heteroatoms. The number of carbonyl (C=O) groups is 7. The van der Waals surface area contributed by atoms with Gasteiger partial charge in [-0.2, -0.15) is 5.10 Å². The van der Waals surface area contributed by atoms with Crippen molar-refractivity contribution in [2.75, 3.05) is 56.7 Å². The Morgan fingerprint density at radius 1 is 0.884 bits per heavy atom. The van der Waals surface area contributed by atoms with Crippen LogP contribution in [0.4, 0.5) is 15.7 Å². The molecule has 3 aliphatic heterocycles. The van der Waals surface area contributed by atoms with Crippen molar-refractivity contribution in [3.05, 3.63) is 125 Å². The summed E-state index contributed by atoms with van der Waals surface area (Å²) in [4.78, 5) is 103. The van der Waals surface area contributed by atoms with E-state index >= 15 is 0 Å². The number of amides is 5. The van der Waals surface area contributed by atoms with Gasteiger partial charge in [0.25, 0.3) is 17.7 Å². The average molecular weight is 1320 g/mol. The summed E-state index contributed by atoms with van der Waals surface area (Å²) < 4.78 is 33.9. The lowest BCUT2D eigenvalue weighted by atomic mass is 9.48. The number of aromatic nitrogens is 4. The van der Waals surface area contributed by atoms with Gasteiger partial charge >= 0.3 is 12.1 Å². The zero-order valence-corrected chi connectivity index (χ0v) is 55.7. The van der Waals surface area contributed by atoms with Crippen molar-refractivity contribution in [1.29, 1.82) is 0 Å². The minimum atomic E-state index is -1.16. The number of fused-ring (bicyclic) bond motifs is 4. The number of carbonyl (C=O) groups excluding carboxylic acids is 6. The molecule has 2 bridgehead atoms. The van der Waals surface area contributed by atoms with E-state index in [1.54, 1.807) is 31.4 Å². The number of nitrogens with one attached hydrogen (secondary N) is 2. The van der Waals surface area contributed by atoms with Crippen molar-refractivity contribution in [3.8, 4) is 22.6 Å². The van der Waals surface area contributed by atoms with E-state index in [-0.39, 0.29) is 84.8 Å². The third-order valence-corrected chi connectivity index (χ3v) is 19.7. The first-order chi connectivity index (χ1) is 45.4. The van der Waals surface area contributed by atoms with Crippen molar-refractivity contribution in [3.63, 3.8) is 0 Å². The van der Waals surface area contributed by atoms with Gasteiger partial charge in [0.15, 0.2) is 10.8 Å². The highest BCUT2D eigenvalue weighted by molar-refractivity contribution is 7.22. The van der Waals surface area contributed by atoms with Crippen LogP contribution in [-0.2, 0) is 59.5 Å². The number of likely N-dealkylation sites (N-methyl/N-ethyl adjacent to an activating group) is 1. The largest absolute Gasteiger partial charge is 0.493 e. The normalized spacial score (nSPS) is 22.9. The van der Waals surface area contributed by atoms with Crippen LogP contribution >= 0.6 is 11.3 Å². The number of nitrogens with zero attached hydrogens (tertiary/aromatic N) is 7. The first-order valence-electron chi connectivity index (χ1n) is 32.8. The van der Waals surface area contributed by atoms with Gasteiger partial charge in [0.05, 0.1) is 41.3 Å². The molecule has 5 aliphatic rings. The number of hydrogen-bond donors (Lipinski definition) is 4. The van der Waals surface area contributed by atoms with Gasteiger partial charge < -0.3 is 53.8 Å². The highest BCUT2D eigenvalue weighted by atomic mass is 32.1. The monoisotopic (exact) mass is 1320 g/mol. The number of rotatable bonds is 27. The van der Waals surface area contributed by atoms with Crippen LogP contribution in [0.2, 0.25) is 0 Å². The zero-order chi connectivity index (χ0) is 67.2. The van der Waals surface area contributed by atoms with Crippen molar-refractivity contribution in [2.24, 2.45) is 16.2 Å². The maximum Gasteiger partial charge on any atom is 0.409 e. The molecule has 3 fully saturated rings. The molecular formula is C71H85N9O14S. The quantitative estimate of drug-likeness (QED) is 0.0212. The molecule has 6 unspecified atom stereocenters. The van der Waals surface area contributed by atoms with Crippen LogP contribution in [0.15, 0.2) is 91.1 Å². The van der Waals surface area contributed by atoms with Gasteiger partial charge in [0.1, 0.15) is 36.3 Å². The molecule has 6 atom stereocenters. The molecule has 0 radical (unpaired) electrons. The molecule has 11 rings (SSSR count). The predicted molar refractivity (Wildman–Crippen MR) is 355 cm³/mol. The lowest BCUT2D eigenvalue weighted by Gasteiger charge is -2.61. The van der Waals surface area contributed by atoms with Gasteiger partial charge in [-0.3, -0.25) is 34.1 Å². The molecule has 4 N–H and O–H groups in total. The summed E-state index contributed by atoms with van der Waals surface area (Å²) in [6.45, 7) is 13.9. The van der Waals surface area contributed by atoms with E-state index < -0.39 is 36.2 Å². The number of aliphatic hydroxyl groups is 1. The standard InChI is InChI=1S/C71H85N9O14S/c1-45-53(51-21-22-58(75-63(51)65(87)88)78-28-25-46-14-12-15-52(54(46)36-78)64(86)76-66-74-55-16-9-10-17-57(55)95-66)35-73-80(45)44-70(5)41-69(4)39-68(2,3)40-71(42-69,43-70)92-31-29-77(6)67(89)91-38-47-19-20-49(93-62-33-48(82)32-50(37-81)94-62)34-56(47)90-30-13-26-72-59(83)18-8-7-11-27-79-60(84)23-24-61(79)85/h9-10,12,14-17,19-24,34-35,37,48,50,62,82H,7-8,11,13,18,25-33,36,38-44H2,1-6H3,(H,72,83)(H,87,88)(H,74,76,86). The lowest BCUT2D eigenvalue weighted by molar-refractivity contribution is -0.194. The zero-order valence-electron chi connectivity index (χ0n) is 54.9. The smallest absolute Gasteiger partial charge is 0.409 e. The Kier molecular flexibility index (Phi) is 20.6. The molecule has 5 amide bonds. The number of anilines is 2. The number of hydrogen-bond acceptors (Lipinski definition) is 18. The molecule has 0 spiro atoms. The molecule has 504 valence electrons. The van der Waals surface area contributed by atoms with Crippen LogP contribution < -0.4 is 25.0 Å². The minimum Gasteiger partial charge on any atom is -0.493 e. The number of benzene rings is 3. The second-order valence-corrected chi connectivity index (χ2v) is 28.7. The van der Waals surface area contributed by atoms with Crippen molar-refractivity contribution < 1.29 is 67.5 Å². The molecule has 23 nitrogen and oxygen atoms in total. The van der Waals surface area contributed by atoms with Gasteiger partial charge in [0, 0.05) is 112 Å². The number of aldehydes is 1. The molecule has 1 saturated heterocycles. The summed E-state index contributed by atoms with van der Waals surface area (Å²) in [6, 6.07) is 22.1. The Bertz CT molecular complexity index is 3850. The molecule has 3 aromatic heterocycles. The fourth-order valence-electron chi connectivity index (χ4n) is 15.5. The molecular weight excluding hydrogens is 1230 g/mol. The van der Waals surface area contributed by atoms with Crippen molar-refractivity contribution >= 4 is 74.5 Å². The number of aliphatic hydroxyl groups excluding tert-OH is 1. The number of imide groups is 1. The number of thiazole rings is 1. The van der Waals surface area contributed by atoms with E-state index in [0.29, 0.717) is 122 Å². The number of pyridine rings is 1. The third kappa shape index (κ3) is 16.4. The van der Waals surface area contributed by atoms with Gasteiger partial charge in [-0.15, -0.1) is 0 Å². The Morgan fingerprint density at radius 2 is 1.69 bits per heavy atom. The third-order valence-electron chi connectivity index (χ3n) is 18.8. The van der Waals surface area contributed by atoms with Crippen LogP contribution in [0, 0.1) is 23.2 Å². The maximum atomic E-state index is 13.8. The average Bonchev–Trinajstić information content (AvgIpc) is 0.878. The van der Waals surface area contributed by atoms with Crippen LogP contribution in [0.1, 0.15) is 148 Å². The highest BCUT2D eigenvalue weighted by Gasteiger charge is 2.58. The summed E-state index contributed by atoms with van der Waals surface area (Å²) in [5, 5.41) is 32.5. The molecule has 6 heterocycles. The fraction of sp³-hybridized carbons (Fsp3) is 0.493. The van der Waals surface area contributed by atoms with E-state index in [2.05, 4.69) is 43.3 Å². The number of ether oxygens (including phenoxy) is 5. The molecule has 95 heavy (non-hydrogen) atoms. The molecule has 2 saturated carbocycles. The maximum absolute atomic E-state index is 13.8. The summed E-state index contributed by atoms with van der Waals surface area (Å²) in [5.74, 6) is -0.983. The summed E-state index contributed by atoms with van der Waals surface area (Å²) in [7, 11) is 1.67. The van der Waals surface area contributed by atoms with Crippen LogP contribution in [0.3, 0.4) is 0 Å². The lowest BCUT2D eigenvalue weighted by Crippen LogP contribution is -2.57. The Hall–Kier alpha value is -8.58. The van der Waals surface area contributed by atoms with E-state index in [9.17, 15) is 43.8 Å². The van der Waals surface area contributed by atoms with E-state index in [0.717, 1.165) is 59.1 Å². The van der Waals surface area contributed by atoms with E-state index in [1.165, 1.54) is 33.3 Å². The minimum absolute atomic E-state index is 0.0231. The summed E-state index contributed by atoms with van der Waals surface area (Å²) >= 11 is 1.42. The number of carboxylic acid groups (broad SMARTS) is 1. The van der Waals surface area contributed by atoms with Crippen LogP contribution in [0.25, 0.3) is 21.3 Å². The van der Waals surface area contributed by atoms with Gasteiger partial charge in [-0.25, -0.2) is 19.6 Å². The first kappa shape index (κ1) is 67.8. The Labute approximate surface area is 556 Å². The SMILES string of the molecule is Cc1c(-c2ccc(N3CCc4cccc(C(=O)Nc5nc6ccccc6s5)c4C3)nc2C(=O)O)cnn1CC1(C)CC2(C)CC(C)(C)CC(OCCN(C)C(=O)OCc3ccc(OC4CC(O)CC(C=O)O4)cc3OCCCNC(=O)CCCCCN3C(=O)C=CC3=O)(C1)C2. The highest BCUT2D eigenvalue weighted by Crippen LogP contribution is 2.63. The molecule has 2 aliphatic carbocycles.